The molecule has 10 nitrogen and oxygen atoms in total. The molecule has 2 rings (SSSR count). The van der Waals surface area contributed by atoms with E-state index in [0.717, 1.165) is 15.4 Å². The third kappa shape index (κ3) is 12.1. The number of carbonyl (C=O) groups is 2. The van der Waals surface area contributed by atoms with Crippen LogP contribution in [0.5, 0.6) is 5.75 Å². The maximum Gasteiger partial charge on any atom is 0.474 e. The smallest absolute Gasteiger partial charge is 0.466 e. The fraction of sp³-hybridized carbons (Fsp3) is 0.533. The Bertz CT molecular complexity index is 1280. The molecule has 2 aromatic rings. The van der Waals surface area contributed by atoms with Gasteiger partial charge in [0, 0.05) is 36.8 Å². The Kier molecular flexibility index (Phi) is 14.5. The number of halogens is 1. The van der Waals surface area contributed by atoms with Crippen LogP contribution in [0.1, 0.15) is 69.8 Å². The van der Waals surface area contributed by atoms with E-state index in [4.69, 9.17) is 39.4 Å². The van der Waals surface area contributed by atoms with Crippen LogP contribution in [0.2, 0.25) is 5.02 Å². The number of alkyl carbamates (subject to hydrolysis) is 1. The van der Waals surface area contributed by atoms with E-state index in [2.05, 4.69) is 5.32 Å². The SMILES string of the molecule is CCC[C@](CCc1ccc(Sc2cc(C(C)=O)ccc2OCOC)cc1Cl)(COP(=O)(OC)OC)NC(=O)OC(C)(C)C. The van der Waals surface area contributed by atoms with Crippen molar-refractivity contribution in [1.29, 1.82) is 0 Å². The number of ketones is 1. The first-order chi connectivity index (χ1) is 20.2. The third-order valence-electron chi connectivity index (χ3n) is 6.25. The molecule has 240 valence electrons. The molecular formula is C30H43ClNO9PS. The molecule has 0 aliphatic carbocycles. The standard InChI is InChI=1S/C30H43ClNO9PS/c1-9-15-30(19-40-42(35,37-7)38-8,32-28(34)41-29(3,4)5)16-14-22-10-12-24(18-25(22)31)43-27-17-23(21(2)33)11-13-26(27)39-20-36-6/h10-13,17-18H,9,14-16,19-20H2,1-8H3,(H,32,34)/t30-/m0/s1. The van der Waals surface area contributed by atoms with Gasteiger partial charge < -0.3 is 19.5 Å². The normalized spacial score (nSPS) is 13.3. The predicted molar refractivity (Wildman–Crippen MR) is 167 cm³/mol. The van der Waals surface area contributed by atoms with E-state index >= 15 is 0 Å². The lowest BCUT2D eigenvalue weighted by atomic mass is 9.87. The zero-order valence-electron chi connectivity index (χ0n) is 26.1. The van der Waals surface area contributed by atoms with Crippen LogP contribution in [0.15, 0.2) is 46.2 Å². The summed E-state index contributed by atoms with van der Waals surface area (Å²) >= 11 is 8.16. The average Bonchev–Trinajstić information content (AvgIpc) is 2.93. The first kappa shape index (κ1) is 37.1. The number of phosphoric ester groups is 1. The van der Waals surface area contributed by atoms with Gasteiger partial charge in [-0.3, -0.25) is 18.4 Å². The molecule has 1 amide bonds. The van der Waals surface area contributed by atoms with Crippen LogP contribution in [0.25, 0.3) is 0 Å². The first-order valence-electron chi connectivity index (χ1n) is 13.8. The van der Waals surface area contributed by atoms with Crippen molar-refractivity contribution in [2.24, 2.45) is 0 Å². The highest BCUT2D eigenvalue weighted by atomic mass is 35.5. The zero-order valence-corrected chi connectivity index (χ0v) is 28.6. The fourth-order valence-electron chi connectivity index (χ4n) is 4.16. The van der Waals surface area contributed by atoms with E-state index in [-0.39, 0.29) is 19.2 Å². The molecule has 0 bridgehead atoms. The number of phosphoric acid groups is 1. The fourth-order valence-corrected chi connectivity index (χ4v) is 6.24. The number of hydrogen-bond donors (Lipinski definition) is 1. The molecule has 0 spiro atoms. The Morgan fingerprint density at radius 1 is 1.02 bits per heavy atom. The van der Waals surface area contributed by atoms with E-state index in [1.165, 1.54) is 40.0 Å². The van der Waals surface area contributed by atoms with Gasteiger partial charge >= 0.3 is 13.9 Å². The molecule has 0 radical (unpaired) electrons. The van der Waals surface area contributed by atoms with Gasteiger partial charge in [-0.25, -0.2) is 9.36 Å². The number of carbonyl (C=O) groups excluding carboxylic acids is 2. The van der Waals surface area contributed by atoms with Gasteiger partial charge in [0.1, 0.15) is 11.4 Å². The predicted octanol–water partition coefficient (Wildman–Crippen LogP) is 8.09. The maximum absolute atomic E-state index is 12.9. The number of amides is 1. The van der Waals surface area contributed by atoms with Crippen LogP contribution in [0.3, 0.4) is 0 Å². The molecule has 0 saturated heterocycles. The Balaban J connectivity index is 2.32. The van der Waals surface area contributed by atoms with Crippen molar-refractivity contribution < 1.29 is 41.9 Å². The summed E-state index contributed by atoms with van der Waals surface area (Å²) in [5.41, 5.74) is -0.269. The largest absolute Gasteiger partial charge is 0.474 e. The van der Waals surface area contributed by atoms with Crippen molar-refractivity contribution in [3.05, 3.63) is 52.5 Å². The second-order valence-electron chi connectivity index (χ2n) is 10.9. The van der Waals surface area contributed by atoms with Gasteiger partial charge in [-0.2, -0.15) is 0 Å². The summed E-state index contributed by atoms with van der Waals surface area (Å²) in [4.78, 5) is 26.4. The molecule has 0 saturated carbocycles. The number of methoxy groups -OCH3 is 1. The van der Waals surface area contributed by atoms with Crippen LogP contribution in [-0.4, -0.2) is 57.7 Å². The number of aryl methyl sites for hydroxylation is 1. The minimum atomic E-state index is -3.81. The van der Waals surface area contributed by atoms with Gasteiger partial charge in [-0.15, -0.1) is 0 Å². The van der Waals surface area contributed by atoms with Gasteiger partial charge in [0.05, 0.1) is 17.0 Å². The molecule has 2 aromatic carbocycles. The molecule has 13 heteroatoms. The summed E-state index contributed by atoms with van der Waals surface area (Å²) in [7, 11) is 0.186. The quantitative estimate of drug-likeness (QED) is 0.101. The van der Waals surface area contributed by atoms with Crippen LogP contribution < -0.4 is 10.1 Å². The van der Waals surface area contributed by atoms with E-state index in [1.807, 2.05) is 25.1 Å². The Morgan fingerprint density at radius 3 is 2.28 bits per heavy atom. The van der Waals surface area contributed by atoms with E-state index in [1.54, 1.807) is 39.0 Å². The lowest BCUT2D eigenvalue weighted by Crippen LogP contribution is -2.53. The molecule has 1 atom stereocenters. The van der Waals surface area contributed by atoms with Crippen LogP contribution in [-0.2, 0) is 34.0 Å². The molecule has 0 aromatic heterocycles. The molecule has 0 aliphatic heterocycles. The number of ether oxygens (including phenoxy) is 3. The lowest BCUT2D eigenvalue weighted by Gasteiger charge is -2.36. The second-order valence-corrected chi connectivity index (χ2v) is 14.3. The van der Waals surface area contributed by atoms with Crippen molar-refractivity contribution >= 4 is 43.1 Å². The van der Waals surface area contributed by atoms with Crippen molar-refractivity contribution in [3.8, 4) is 5.75 Å². The lowest BCUT2D eigenvalue weighted by molar-refractivity contribution is 0.0351. The topological polar surface area (TPSA) is 119 Å². The van der Waals surface area contributed by atoms with Crippen LogP contribution in [0, 0.1) is 0 Å². The molecular weight excluding hydrogens is 617 g/mol. The molecule has 43 heavy (non-hydrogen) atoms. The van der Waals surface area contributed by atoms with Crippen molar-refractivity contribution in [3.63, 3.8) is 0 Å². The number of benzene rings is 2. The van der Waals surface area contributed by atoms with Gasteiger partial charge in [-0.05, 0) is 82.9 Å². The second kappa shape index (κ2) is 16.8. The Labute approximate surface area is 264 Å². The van der Waals surface area contributed by atoms with Crippen molar-refractivity contribution in [2.75, 3.05) is 34.7 Å². The van der Waals surface area contributed by atoms with E-state index in [0.29, 0.717) is 42.0 Å². The highest BCUT2D eigenvalue weighted by Crippen LogP contribution is 2.48. The Hall–Kier alpha value is -2.11. The van der Waals surface area contributed by atoms with Crippen LogP contribution >= 0.6 is 31.2 Å². The highest BCUT2D eigenvalue weighted by molar-refractivity contribution is 7.99. The highest BCUT2D eigenvalue weighted by Gasteiger charge is 2.37. The molecule has 0 fully saturated rings. The Morgan fingerprint density at radius 2 is 1.72 bits per heavy atom. The number of hydrogen-bond acceptors (Lipinski definition) is 10. The molecule has 1 N–H and O–H groups in total. The summed E-state index contributed by atoms with van der Waals surface area (Å²) < 4.78 is 44.5. The van der Waals surface area contributed by atoms with Gasteiger partial charge in [0.2, 0.25) is 0 Å². The van der Waals surface area contributed by atoms with Crippen molar-refractivity contribution in [2.45, 2.75) is 81.2 Å². The minimum Gasteiger partial charge on any atom is -0.466 e. The summed E-state index contributed by atoms with van der Waals surface area (Å²) in [6, 6.07) is 10.9. The van der Waals surface area contributed by atoms with Gasteiger partial charge in [0.25, 0.3) is 0 Å². The first-order valence-corrected chi connectivity index (χ1v) is 16.4. The van der Waals surface area contributed by atoms with Crippen molar-refractivity contribution in [1.82, 2.24) is 5.32 Å². The number of nitrogens with one attached hydrogen (secondary N) is 1. The van der Waals surface area contributed by atoms with E-state index < -0.39 is 25.1 Å². The summed E-state index contributed by atoms with van der Waals surface area (Å²) in [6.07, 6.45) is 1.44. The summed E-state index contributed by atoms with van der Waals surface area (Å²) in [5.74, 6) is 0.527. The molecule has 0 unspecified atom stereocenters. The van der Waals surface area contributed by atoms with Gasteiger partial charge in [0.15, 0.2) is 12.6 Å². The van der Waals surface area contributed by atoms with Gasteiger partial charge in [-0.1, -0.05) is 42.8 Å². The average molecular weight is 660 g/mol. The third-order valence-corrected chi connectivity index (χ3v) is 8.97. The molecule has 0 aliphatic rings. The summed E-state index contributed by atoms with van der Waals surface area (Å²) in [5, 5.41) is 3.49. The zero-order chi connectivity index (χ0) is 32.3. The minimum absolute atomic E-state index is 0.0552. The van der Waals surface area contributed by atoms with E-state index in [9.17, 15) is 14.2 Å². The van der Waals surface area contributed by atoms with Crippen LogP contribution in [0.4, 0.5) is 4.79 Å². The monoisotopic (exact) mass is 659 g/mol. The molecule has 0 heterocycles. The summed E-state index contributed by atoms with van der Waals surface area (Å²) in [6.45, 7) is 8.74. The maximum atomic E-state index is 12.9. The number of Topliss-reactive ketones (excluding diaryl/α,β-unsaturated/α-hetero) is 1. The number of rotatable bonds is 17.